The van der Waals surface area contributed by atoms with Gasteiger partial charge in [-0.3, -0.25) is 9.78 Å². The van der Waals surface area contributed by atoms with E-state index < -0.39 is 0 Å². The molecule has 1 aromatic carbocycles. The Morgan fingerprint density at radius 3 is 2.70 bits per heavy atom. The van der Waals surface area contributed by atoms with Crippen LogP contribution in [0, 0.1) is 0 Å². The van der Waals surface area contributed by atoms with Crippen LogP contribution < -0.4 is 4.74 Å². The molecule has 0 unspecified atom stereocenters. The maximum Gasteiger partial charge on any atom is 0.226 e. The van der Waals surface area contributed by atoms with Gasteiger partial charge in [0.2, 0.25) is 5.91 Å². The molecule has 0 radical (unpaired) electrons. The molecule has 0 saturated carbocycles. The average Bonchev–Trinajstić information content (AvgIpc) is 3.19. The molecule has 7 heteroatoms. The lowest BCUT2D eigenvalue weighted by Crippen LogP contribution is -2.23. The smallest absolute Gasteiger partial charge is 0.226 e. The zero-order chi connectivity index (χ0) is 21.3. The van der Waals surface area contributed by atoms with Crippen LogP contribution in [0.3, 0.4) is 0 Å². The first-order valence-electron chi connectivity index (χ1n) is 9.43. The van der Waals surface area contributed by atoms with Gasteiger partial charge >= 0.3 is 0 Å². The number of nitrogens with zero attached hydrogens (tertiary/aromatic N) is 3. The summed E-state index contributed by atoms with van der Waals surface area (Å²) in [6.45, 7) is 0. The van der Waals surface area contributed by atoms with Crippen molar-refractivity contribution in [3.63, 3.8) is 0 Å². The minimum Gasteiger partial charge on any atom is -0.496 e. The van der Waals surface area contributed by atoms with Gasteiger partial charge in [-0.1, -0.05) is 29.8 Å². The number of hydrogen-bond acceptors (Lipinski definition) is 4. The number of H-pyrrole nitrogens is 1. The summed E-state index contributed by atoms with van der Waals surface area (Å²) < 4.78 is 5.52. The molecule has 0 aliphatic rings. The summed E-state index contributed by atoms with van der Waals surface area (Å²) >= 11 is 6.87. The van der Waals surface area contributed by atoms with Crippen molar-refractivity contribution in [2.24, 2.45) is 0 Å². The lowest BCUT2D eigenvalue weighted by atomic mass is 10.0. The molecular formula is C23H21ClN4O2. The Hall–Kier alpha value is -3.38. The highest BCUT2D eigenvalue weighted by Crippen LogP contribution is 2.41. The summed E-state index contributed by atoms with van der Waals surface area (Å²) in [6, 6.07) is 9.71. The number of benzene rings is 1. The number of halogens is 1. The quantitative estimate of drug-likeness (QED) is 0.512. The molecule has 1 amide bonds. The molecule has 0 fully saturated rings. The van der Waals surface area contributed by atoms with Crippen LogP contribution in [0.25, 0.3) is 33.3 Å². The van der Waals surface area contributed by atoms with E-state index in [0.29, 0.717) is 10.7 Å². The Morgan fingerprint density at radius 1 is 1.13 bits per heavy atom. The number of nitrogens with one attached hydrogen (secondary N) is 1. The van der Waals surface area contributed by atoms with Crippen LogP contribution in [0.4, 0.5) is 0 Å². The van der Waals surface area contributed by atoms with Gasteiger partial charge in [0.1, 0.15) is 11.4 Å². The number of aromatic amines is 1. The number of amides is 1. The SMILES string of the molecule is COc1ccccc1-c1c[nH]c2ncc(-c3cncc(CC(=O)N(C)C)c3)c(Cl)c12. The number of rotatable bonds is 5. The lowest BCUT2D eigenvalue weighted by molar-refractivity contribution is -0.127. The van der Waals surface area contributed by atoms with Crippen LogP contribution >= 0.6 is 11.6 Å². The average molecular weight is 421 g/mol. The van der Waals surface area contributed by atoms with Crippen molar-refractivity contribution in [1.29, 1.82) is 0 Å². The summed E-state index contributed by atoms with van der Waals surface area (Å²) in [5.74, 6) is 0.767. The highest BCUT2D eigenvalue weighted by Gasteiger charge is 2.18. The maximum atomic E-state index is 12.1. The first-order chi connectivity index (χ1) is 14.5. The maximum absolute atomic E-state index is 12.1. The normalized spacial score (nSPS) is 10.9. The van der Waals surface area contributed by atoms with E-state index in [9.17, 15) is 4.79 Å². The molecule has 0 atom stereocenters. The summed E-state index contributed by atoms with van der Waals surface area (Å²) in [7, 11) is 5.12. The number of hydrogen-bond donors (Lipinski definition) is 1. The molecule has 0 bridgehead atoms. The minimum atomic E-state index is 0.0118. The third-order valence-corrected chi connectivity index (χ3v) is 5.39. The van der Waals surface area contributed by atoms with Gasteiger partial charge in [-0.15, -0.1) is 0 Å². The van der Waals surface area contributed by atoms with E-state index in [1.165, 1.54) is 0 Å². The van der Waals surface area contributed by atoms with E-state index in [1.807, 2.05) is 36.5 Å². The summed E-state index contributed by atoms with van der Waals surface area (Å²) in [4.78, 5) is 25.7. The van der Waals surface area contributed by atoms with E-state index in [-0.39, 0.29) is 12.3 Å². The second kappa shape index (κ2) is 8.16. The number of fused-ring (bicyclic) bond motifs is 1. The second-order valence-electron chi connectivity index (χ2n) is 7.16. The van der Waals surface area contributed by atoms with Gasteiger partial charge in [0, 0.05) is 66.5 Å². The molecule has 0 aliphatic heterocycles. The van der Waals surface area contributed by atoms with Gasteiger partial charge in [-0.25, -0.2) is 4.98 Å². The van der Waals surface area contributed by atoms with Gasteiger partial charge in [-0.2, -0.15) is 0 Å². The van der Waals surface area contributed by atoms with Crippen LogP contribution in [0.2, 0.25) is 5.02 Å². The molecule has 3 aromatic heterocycles. The molecular weight excluding hydrogens is 400 g/mol. The van der Waals surface area contributed by atoms with Crippen LogP contribution in [-0.4, -0.2) is 47.0 Å². The Bertz CT molecular complexity index is 1230. The number of carbonyl (C=O) groups is 1. The van der Waals surface area contributed by atoms with Crippen molar-refractivity contribution in [3.8, 4) is 28.0 Å². The minimum absolute atomic E-state index is 0.0118. The van der Waals surface area contributed by atoms with E-state index in [1.54, 1.807) is 44.7 Å². The Morgan fingerprint density at radius 2 is 1.93 bits per heavy atom. The number of methoxy groups -OCH3 is 1. The van der Waals surface area contributed by atoms with Crippen LogP contribution in [-0.2, 0) is 11.2 Å². The van der Waals surface area contributed by atoms with Gasteiger partial charge in [0.05, 0.1) is 18.6 Å². The topological polar surface area (TPSA) is 71.1 Å². The number of pyridine rings is 2. The van der Waals surface area contributed by atoms with Crippen molar-refractivity contribution < 1.29 is 9.53 Å². The van der Waals surface area contributed by atoms with Crippen molar-refractivity contribution in [2.45, 2.75) is 6.42 Å². The Balaban J connectivity index is 1.82. The molecule has 152 valence electrons. The summed E-state index contributed by atoms with van der Waals surface area (Å²) in [5, 5.41) is 1.38. The van der Waals surface area contributed by atoms with E-state index in [4.69, 9.17) is 16.3 Å². The fourth-order valence-electron chi connectivity index (χ4n) is 3.40. The van der Waals surface area contributed by atoms with Gasteiger partial charge < -0.3 is 14.6 Å². The zero-order valence-corrected chi connectivity index (χ0v) is 17.7. The highest BCUT2D eigenvalue weighted by molar-refractivity contribution is 6.39. The predicted octanol–water partition coefficient (Wildman–Crippen LogP) is 4.58. The molecule has 0 aliphatic carbocycles. The zero-order valence-electron chi connectivity index (χ0n) is 16.9. The largest absolute Gasteiger partial charge is 0.496 e. The number of likely N-dealkylation sites (N-methyl/N-ethyl adjacent to an activating group) is 1. The van der Waals surface area contributed by atoms with Crippen molar-refractivity contribution in [3.05, 3.63) is 65.7 Å². The first kappa shape index (κ1) is 19.9. The van der Waals surface area contributed by atoms with Crippen LogP contribution in [0.15, 0.2) is 55.1 Å². The van der Waals surface area contributed by atoms with Crippen LogP contribution in [0.5, 0.6) is 5.75 Å². The molecule has 0 spiro atoms. The number of para-hydroxylation sites is 1. The summed E-state index contributed by atoms with van der Waals surface area (Å²) in [5.41, 5.74) is 4.92. The molecule has 30 heavy (non-hydrogen) atoms. The third kappa shape index (κ3) is 3.62. The van der Waals surface area contributed by atoms with Gasteiger partial charge in [0.15, 0.2) is 0 Å². The number of ether oxygens (including phenoxy) is 1. The van der Waals surface area contributed by atoms with Crippen LogP contribution in [0.1, 0.15) is 5.56 Å². The van der Waals surface area contributed by atoms with E-state index in [0.717, 1.165) is 39.0 Å². The van der Waals surface area contributed by atoms with Crippen molar-refractivity contribution >= 4 is 28.5 Å². The monoisotopic (exact) mass is 420 g/mol. The Kier molecular flexibility index (Phi) is 5.42. The summed E-state index contributed by atoms with van der Waals surface area (Å²) in [6.07, 6.45) is 7.31. The second-order valence-corrected chi connectivity index (χ2v) is 7.54. The highest BCUT2D eigenvalue weighted by atomic mass is 35.5. The first-order valence-corrected chi connectivity index (χ1v) is 9.80. The lowest BCUT2D eigenvalue weighted by Gasteiger charge is -2.12. The molecule has 6 nitrogen and oxygen atoms in total. The fourth-order valence-corrected chi connectivity index (χ4v) is 3.75. The van der Waals surface area contributed by atoms with Gasteiger partial charge in [-0.05, 0) is 17.7 Å². The molecule has 0 saturated heterocycles. The molecule has 1 N–H and O–H groups in total. The molecule has 4 rings (SSSR count). The van der Waals surface area contributed by atoms with Crippen molar-refractivity contribution in [1.82, 2.24) is 19.9 Å². The standard InChI is InChI=1S/C23H21ClN4O2/c1-28(2)20(29)9-14-8-15(11-25-10-14)17-12-26-23-21(22(17)24)18(13-27-23)16-6-4-5-7-19(16)30-3/h4-8,10-13H,9H2,1-3H3,(H,26,27). The van der Waals surface area contributed by atoms with Gasteiger partial charge in [0.25, 0.3) is 0 Å². The van der Waals surface area contributed by atoms with E-state index in [2.05, 4.69) is 15.0 Å². The molecule has 3 heterocycles. The third-order valence-electron chi connectivity index (χ3n) is 5.00. The number of aromatic nitrogens is 3. The van der Waals surface area contributed by atoms with Crippen molar-refractivity contribution in [2.75, 3.05) is 21.2 Å². The molecule has 4 aromatic rings. The fraction of sp³-hybridized carbons (Fsp3) is 0.174. The predicted molar refractivity (Wildman–Crippen MR) is 119 cm³/mol. The Labute approximate surface area is 179 Å². The van der Waals surface area contributed by atoms with E-state index >= 15 is 0 Å². The number of carbonyl (C=O) groups excluding carboxylic acids is 1.